The fraction of sp³-hybridized carbons (Fsp3) is 0.438. The van der Waals surface area contributed by atoms with Crippen LogP contribution >= 0.6 is 11.3 Å². The highest BCUT2D eigenvalue weighted by Gasteiger charge is 2.31. The van der Waals surface area contributed by atoms with Gasteiger partial charge in [-0.05, 0) is 72.2 Å². The molecule has 2 aliphatic rings. The minimum absolute atomic E-state index is 0.0168. The van der Waals surface area contributed by atoms with Crippen LogP contribution in [-0.4, -0.2) is 72.4 Å². The molecule has 0 saturated carbocycles. The number of piperazine rings is 1. The molecule has 39 heavy (non-hydrogen) atoms. The Morgan fingerprint density at radius 1 is 0.923 bits per heavy atom. The lowest BCUT2D eigenvalue weighted by Gasteiger charge is -2.38. The molecule has 0 bridgehead atoms. The summed E-state index contributed by atoms with van der Waals surface area (Å²) in [5.74, 6) is 0.988. The molecule has 206 valence electrons. The summed E-state index contributed by atoms with van der Waals surface area (Å²) in [6.45, 7) is 8.99. The normalized spacial score (nSPS) is 17.6. The Morgan fingerprint density at radius 3 is 2.41 bits per heavy atom. The van der Waals surface area contributed by atoms with E-state index in [0.29, 0.717) is 44.8 Å². The van der Waals surface area contributed by atoms with Crippen molar-refractivity contribution in [3.05, 3.63) is 87.1 Å². The van der Waals surface area contributed by atoms with Crippen LogP contribution in [0.5, 0.6) is 5.75 Å². The number of thiophene rings is 1. The fourth-order valence-corrected chi connectivity index (χ4v) is 6.54. The molecule has 1 atom stereocenters. The van der Waals surface area contributed by atoms with Crippen molar-refractivity contribution < 1.29 is 14.3 Å². The first-order valence-corrected chi connectivity index (χ1v) is 15.1. The third kappa shape index (κ3) is 6.36. The number of unbranched alkanes of at least 4 members (excludes halogenated alkanes) is 1. The zero-order valence-corrected chi connectivity index (χ0v) is 23.9. The highest BCUT2D eigenvalue weighted by molar-refractivity contribution is 7.10. The standard InChI is InChI=1S/C32H39N3O3S/c1-3-4-22-38-26-11-9-25(10-12-26)32(37)35-20-18-33(19-21-35)30(36)14-17-34-16-13-29-28(15-23-39-29)31(34)27-8-6-5-7-24(27)2/h5-12,15,23,31H,3-4,13-14,16-22H2,1-2H3. The number of carbonyl (C=O) groups is 2. The van der Waals surface area contributed by atoms with Crippen LogP contribution in [0.3, 0.4) is 0 Å². The van der Waals surface area contributed by atoms with E-state index in [1.165, 1.54) is 21.6 Å². The van der Waals surface area contributed by atoms with Gasteiger partial charge in [-0.25, -0.2) is 0 Å². The Hall–Kier alpha value is -3.16. The number of aryl methyl sites for hydroxylation is 1. The van der Waals surface area contributed by atoms with E-state index in [1.807, 2.05) is 45.4 Å². The third-order valence-electron chi connectivity index (χ3n) is 7.95. The third-order valence-corrected chi connectivity index (χ3v) is 8.95. The summed E-state index contributed by atoms with van der Waals surface area (Å²) in [5, 5.41) is 2.20. The van der Waals surface area contributed by atoms with Gasteiger partial charge in [0, 0.05) is 56.1 Å². The van der Waals surface area contributed by atoms with Gasteiger partial charge >= 0.3 is 0 Å². The SMILES string of the molecule is CCCCOc1ccc(C(=O)N2CCN(C(=O)CCN3CCc4sccc4C3c3ccccc3C)CC2)cc1. The molecule has 0 aliphatic carbocycles. The van der Waals surface area contributed by atoms with Crippen molar-refractivity contribution in [1.82, 2.24) is 14.7 Å². The van der Waals surface area contributed by atoms with Crippen molar-refractivity contribution in [2.24, 2.45) is 0 Å². The molecule has 2 aromatic carbocycles. The number of hydrogen-bond acceptors (Lipinski definition) is 5. The number of fused-ring (bicyclic) bond motifs is 1. The van der Waals surface area contributed by atoms with E-state index in [2.05, 4.69) is 54.5 Å². The Bertz CT molecular complexity index is 1260. The van der Waals surface area contributed by atoms with Crippen molar-refractivity contribution in [3.63, 3.8) is 0 Å². The molecule has 1 aromatic heterocycles. The van der Waals surface area contributed by atoms with E-state index in [4.69, 9.17) is 4.74 Å². The van der Waals surface area contributed by atoms with Crippen LogP contribution in [0.2, 0.25) is 0 Å². The molecule has 1 unspecified atom stereocenters. The smallest absolute Gasteiger partial charge is 0.253 e. The zero-order valence-electron chi connectivity index (χ0n) is 23.1. The molecule has 0 spiro atoms. The summed E-state index contributed by atoms with van der Waals surface area (Å²) >= 11 is 1.84. The van der Waals surface area contributed by atoms with Crippen molar-refractivity contribution in [3.8, 4) is 5.75 Å². The van der Waals surface area contributed by atoms with Gasteiger partial charge in [0.2, 0.25) is 5.91 Å². The van der Waals surface area contributed by atoms with Gasteiger partial charge in [0.15, 0.2) is 0 Å². The molecule has 6 nitrogen and oxygen atoms in total. The highest BCUT2D eigenvalue weighted by atomic mass is 32.1. The van der Waals surface area contributed by atoms with Crippen LogP contribution in [0.15, 0.2) is 60.0 Å². The summed E-state index contributed by atoms with van der Waals surface area (Å²) in [4.78, 5) is 34.0. The zero-order chi connectivity index (χ0) is 27.2. The number of hydrogen-bond donors (Lipinski definition) is 0. The Balaban J connectivity index is 1.14. The molecule has 2 aliphatic heterocycles. The molecule has 3 heterocycles. The van der Waals surface area contributed by atoms with Gasteiger partial charge in [0.25, 0.3) is 5.91 Å². The Morgan fingerprint density at radius 2 is 1.67 bits per heavy atom. The van der Waals surface area contributed by atoms with E-state index in [-0.39, 0.29) is 17.9 Å². The van der Waals surface area contributed by atoms with Gasteiger partial charge in [-0.3, -0.25) is 14.5 Å². The van der Waals surface area contributed by atoms with Crippen LogP contribution in [-0.2, 0) is 11.2 Å². The van der Waals surface area contributed by atoms with E-state index in [9.17, 15) is 9.59 Å². The number of carbonyl (C=O) groups excluding carboxylic acids is 2. The average molecular weight is 546 g/mol. The first-order chi connectivity index (χ1) is 19.0. The van der Waals surface area contributed by atoms with Gasteiger partial charge in [0.05, 0.1) is 12.6 Å². The van der Waals surface area contributed by atoms with Gasteiger partial charge < -0.3 is 14.5 Å². The summed E-state index contributed by atoms with van der Waals surface area (Å²) in [6.07, 6.45) is 3.64. The molecule has 2 amide bonds. The maximum atomic E-state index is 13.2. The van der Waals surface area contributed by atoms with Crippen molar-refractivity contribution in [1.29, 1.82) is 0 Å². The second kappa shape index (κ2) is 12.8. The second-order valence-corrected chi connectivity index (χ2v) is 11.5. The first-order valence-electron chi connectivity index (χ1n) is 14.2. The van der Waals surface area contributed by atoms with Crippen molar-refractivity contribution in [2.75, 3.05) is 45.9 Å². The first kappa shape index (κ1) is 27.4. The molecule has 0 radical (unpaired) electrons. The number of nitrogens with zero attached hydrogens (tertiary/aromatic N) is 3. The van der Waals surface area contributed by atoms with Gasteiger partial charge in [-0.2, -0.15) is 0 Å². The maximum absolute atomic E-state index is 13.2. The van der Waals surface area contributed by atoms with Crippen LogP contribution in [0, 0.1) is 6.92 Å². The lowest BCUT2D eigenvalue weighted by molar-refractivity contribution is -0.133. The molecular formula is C32H39N3O3S. The van der Waals surface area contributed by atoms with Crippen LogP contribution in [0.4, 0.5) is 0 Å². The molecular weight excluding hydrogens is 506 g/mol. The fourth-order valence-electron chi connectivity index (χ4n) is 5.63. The maximum Gasteiger partial charge on any atom is 0.253 e. The molecule has 1 saturated heterocycles. The van der Waals surface area contributed by atoms with E-state index >= 15 is 0 Å². The average Bonchev–Trinajstić information content (AvgIpc) is 3.45. The number of amides is 2. The quantitative estimate of drug-likeness (QED) is 0.331. The lowest BCUT2D eigenvalue weighted by atomic mass is 9.90. The monoisotopic (exact) mass is 545 g/mol. The predicted molar refractivity (Wildman–Crippen MR) is 157 cm³/mol. The van der Waals surface area contributed by atoms with E-state index < -0.39 is 0 Å². The van der Waals surface area contributed by atoms with Crippen LogP contribution in [0.1, 0.15) is 64.2 Å². The topological polar surface area (TPSA) is 53.1 Å². The minimum Gasteiger partial charge on any atom is -0.494 e. The van der Waals surface area contributed by atoms with Gasteiger partial charge in [-0.15, -0.1) is 11.3 Å². The van der Waals surface area contributed by atoms with Gasteiger partial charge in [0.1, 0.15) is 5.75 Å². The largest absolute Gasteiger partial charge is 0.494 e. The Labute approximate surface area is 236 Å². The molecule has 5 rings (SSSR count). The molecule has 3 aromatic rings. The summed E-state index contributed by atoms with van der Waals surface area (Å²) in [5.41, 5.74) is 4.67. The number of benzene rings is 2. The molecule has 1 fully saturated rings. The summed E-state index contributed by atoms with van der Waals surface area (Å²) in [7, 11) is 0. The minimum atomic E-state index is 0.0168. The lowest BCUT2D eigenvalue weighted by Crippen LogP contribution is -2.51. The van der Waals surface area contributed by atoms with Gasteiger partial charge in [-0.1, -0.05) is 37.6 Å². The highest BCUT2D eigenvalue weighted by Crippen LogP contribution is 2.38. The van der Waals surface area contributed by atoms with Crippen LogP contribution in [0.25, 0.3) is 0 Å². The molecule has 7 heteroatoms. The van der Waals surface area contributed by atoms with E-state index in [0.717, 1.165) is 38.1 Å². The predicted octanol–water partition coefficient (Wildman–Crippen LogP) is 5.56. The van der Waals surface area contributed by atoms with Crippen molar-refractivity contribution >= 4 is 23.2 Å². The molecule has 0 N–H and O–H groups in total. The second-order valence-electron chi connectivity index (χ2n) is 10.5. The summed E-state index contributed by atoms with van der Waals surface area (Å²) < 4.78 is 5.71. The van der Waals surface area contributed by atoms with Crippen LogP contribution < -0.4 is 4.74 Å². The summed E-state index contributed by atoms with van der Waals surface area (Å²) in [6, 6.07) is 18.5. The van der Waals surface area contributed by atoms with E-state index in [1.54, 1.807) is 0 Å². The number of ether oxygens (including phenoxy) is 1. The Kier molecular flexibility index (Phi) is 8.99. The van der Waals surface area contributed by atoms with Crippen molar-refractivity contribution in [2.45, 2.75) is 45.6 Å². The number of rotatable bonds is 9.